The van der Waals surface area contributed by atoms with Crippen LogP contribution in [0.5, 0.6) is 17.2 Å². The van der Waals surface area contributed by atoms with Gasteiger partial charge >= 0.3 is 0 Å². The Balaban J connectivity index is 1.80. The number of thioether (sulfide) groups is 1. The first-order valence-corrected chi connectivity index (χ1v) is 10.1. The Morgan fingerprint density at radius 1 is 0.966 bits per heavy atom. The molecule has 0 saturated carbocycles. The van der Waals surface area contributed by atoms with Crippen LogP contribution in [0.4, 0.5) is 0 Å². The number of amides is 2. The standard InChI is InChI=1S/C20H23ClN2O5S/c1-26-16-10-13(11-17(27-2)19(16)28-3)20(25)23-12-18(24)22-8-9-29-15-6-4-14(21)5-7-15/h4-7,10-11H,8-9,12H2,1-3H3,(H,22,24)(H,23,25). The molecule has 2 aromatic carbocycles. The molecule has 0 fully saturated rings. The summed E-state index contributed by atoms with van der Waals surface area (Å²) in [5, 5.41) is 6.03. The lowest BCUT2D eigenvalue weighted by molar-refractivity contribution is -0.120. The highest BCUT2D eigenvalue weighted by atomic mass is 35.5. The van der Waals surface area contributed by atoms with Crippen molar-refractivity contribution in [2.24, 2.45) is 0 Å². The Morgan fingerprint density at radius 2 is 1.59 bits per heavy atom. The molecule has 2 rings (SSSR count). The first kappa shape index (κ1) is 22.7. The van der Waals surface area contributed by atoms with Gasteiger partial charge in [-0.3, -0.25) is 9.59 Å². The van der Waals surface area contributed by atoms with Crippen molar-refractivity contribution in [1.82, 2.24) is 10.6 Å². The molecule has 9 heteroatoms. The third-order valence-electron chi connectivity index (χ3n) is 3.84. The van der Waals surface area contributed by atoms with Crippen LogP contribution < -0.4 is 24.8 Å². The van der Waals surface area contributed by atoms with E-state index in [1.807, 2.05) is 24.3 Å². The second kappa shape index (κ2) is 11.4. The fourth-order valence-electron chi connectivity index (χ4n) is 2.43. The van der Waals surface area contributed by atoms with Gasteiger partial charge in [0.2, 0.25) is 11.7 Å². The SMILES string of the molecule is COc1cc(C(=O)NCC(=O)NCCSc2ccc(Cl)cc2)cc(OC)c1OC. The number of carbonyl (C=O) groups is 2. The van der Waals surface area contributed by atoms with Crippen molar-refractivity contribution >= 4 is 35.2 Å². The fourth-order valence-corrected chi connectivity index (χ4v) is 3.32. The quantitative estimate of drug-likeness (QED) is 0.438. The highest BCUT2D eigenvalue weighted by Crippen LogP contribution is 2.38. The third kappa shape index (κ3) is 6.76. The van der Waals surface area contributed by atoms with Gasteiger partial charge in [0.1, 0.15) is 0 Å². The summed E-state index contributed by atoms with van der Waals surface area (Å²) >= 11 is 7.45. The minimum Gasteiger partial charge on any atom is -0.493 e. The van der Waals surface area contributed by atoms with Gasteiger partial charge in [0.15, 0.2) is 11.5 Å². The molecule has 0 heterocycles. The average Bonchev–Trinajstić information content (AvgIpc) is 2.75. The van der Waals surface area contributed by atoms with Crippen molar-refractivity contribution in [2.45, 2.75) is 4.90 Å². The normalized spacial score (nSPS) is 10.2. The first-order chi connectivity index (χ1) is 14.0. The Morgan fingerprint density at radius 3 is 2.14 bits per heavy atom. The van der Waals surface area contributed by atoms with Crippen molar-refractivity contribution < 1.29 is 23.8 Å². The fraction of sp³-hybridized carbons (Fsp3) is 0.300. The van der Waals surface area contributed by atoms with Gasteiger partial charge < -0.3 is 24.8 Å². The molecule has 0 spiro atoms. The van der Waals surface area contributed by atoms with Gasteiger partial charge in [-0.1, -0.05) is 11.6 Å². The lowest BCUT2D eigenvalue weighted by Crippen LogP contribution is -2.37. The molecule has 0 aliphatic carbocycles. The Kier molecular flexibility index (Phi) is 8.95. The minimum absolute atomic E-state index is 0.138. The van der Waals surface area contributed by atoms with Crippen LogP contribution in [0.1, 0.15) is 10.4 Å². The van der Waals surface area contributed by atoms with E-state index in [0.717, 1.165) is 4.90 Å². The maximum Gasteiger partial charge on any atom is 0.251 e. The molecule has 0 aliphatic rings. The Labute approximate surface area is 179 Å². The van der Waals surface area contributed by atoms with Crippen molar-refractivity contribution in [1.29, 1.82) is 0 Å². The summed E-state index contributed by atoms with van der Waals surface area (Å²) in [5.41, 5.74) is 0.297. The predicted octanol–water partition coefficient (Wildman–Crippen LogP) is 3.00. The van der Waals surface area contributed by atoms with E-state index in [2.05, 4.69) is 10.6 Å². The molecule has 0 bridgehead atoms. The molecule has 2 amide bonds. The van der Waals surface area contributed by atoms with Crippen molar-refractivity contribution in [3.05, 3.63) is 47.0 Å². The molecule has 156 valence electrons. The average molecular weight is 439 g/mol. The zero-order chi connectivity index (χ0) is 21.2. The molecule has 0 unspecified atom stereocenters. The lowest BCUT2D eigenvalue weighted by atomic mass is 10.1. The van der Waals surface area contributed by atoms with Crippen molar-refractivity contribution in [3.63, 3.8) is 0 Å². The summed E-state index contributed by atoms with van der Waals surface area (Å²) < 4.78 is 15.7. The molecule has 0 saturated heterocycles. The minimum atomic E-state index is -0.421. The third-order valence-corrected chi connectivity index (χ3v) is 5.11. The van der Waals surface area contributed by atoms with Gasteiger partial charge in [0, 0.05) is 27.8 Å². The smallest absolute Gasteiger partial charge is 0.251 e. The van der Waals surface area contributed by atoms with Gasteiger partial charge in [-0.25, -0.2) is 0 Å². The van der Waals surface area contributed by atoms with Crippen LogP contribution in [0, 0.1) is 0 Å². The number of methoxy groups -OCH3 is 3. The zero-order valence-corrected chi connectivity index (χ0v) is 18.0. The van der Waals surface area contributed by atoms with Gasteiger partial charge in [0.05, 0.1) is 27.9 Å². The molecule has 0 aromatic heterocycles. The molecular weight excluding hydrogens is 416 g/mol. The van der Waals surface area contributed by atoms with Gasteiger partial charge in [-0.2, -0.15) is 0 Å². The van der Waals surface area contributed by atoms with E-state index in [4.69, 9.17) is 25.8 Å². The Bertz CT molecular complexity index is 820. The zero-order valence-electron chi connectivity index (χ0n) is 16.4. The van der Waals surface area contributed by atoms with Crippen LogP contribution in [0.25, 0.3) is 0 Å². The number of benzene rings is 2. The summed E-state index contributed by atoms with van der Waals surface area (Å²) in [6.45, 7) is 0.341. The van der Waals surface area contributed by atoms with Gasteiger partial charge in [-0.15, -0.1) is 11.8 Å². The summed E-state index contributed by atoms with van der Waals surface area (Å²) in [6, 6.07) is 10.5. The molecule has 0 aliphatic heterocycles. The molecule has 2 aromatic rings. The number of hydrogen-bond acceptors (Lipinski definition) is 6. The molecular formula is C20H23ClN2O5S. The number of hydrogen-bond donors (Lipinski definition) is 2. The highest BCUT2D eigenvalue weighted by molar-refractivity contribution is 7.99. The summed E-state index contributed by atoms with van der Waals surface area (Å²) in [4.78, 5) is 25.4. The van der Waals surface area contributed by atoms with E-state index >= 15 is 0 Å². The van der Waals surface area contributed by atoms with Gasteiger partial charge in [0.25, 0.3) is 5.91 Å². The number of halogens is 1. The maximum absolute atomic E-state index is 12.4. The maximum atomic E-state index is 12.4. The molecule has 2 N–H and O–H groups in total. The van der Waals surface area contributed by atoms with E-state index in [0.29, 0.717) is 40.1 Å². The molecule has 7 nitrogen and oxygen atoms in total. The van der Waals surface area contributed by atoms with E-state index in [9.17, 15) is 9.59 Å². The molecule has 0 atom stereocenters. The highest BCUT2D eigenvalue weighted by Gasteiger charge is 2.17. The number of nitrogens with one attached hydrogen (secondary N) is 2. The predicted molar refractivity (Wildman–Crippen MR) is 114 cm³/mol. The number of carbonyl (C=O) groups excluding carboxylic acids is 2. The van der Waals surface area contributed by atoms with E-state index in [1.54, 1.807) is 11.8 Å². The van der Waals surface area contributed by atoms with Crippen molar-refractivity contribution in [3.8, 4) is 17.2 Å². The van der Waals surface area contributed by atoms with E-state index < -0.39 is 5.91 Å². The summed E-state index contributed by atoms with van der Waals surface area (Å²) in [7, 11) is 4.42. The van der Waals surface area contributed by atoms with E-state index in [-0.39, 0.29) is 12.5 Å². The van der Waals surface area contributed by atoms with Crippen molar-refractivity contribution in [2.75, 3.05) is 40.2 Å². The summed E-state index contributed by atoms with van der Waals surface area (Å²) in [5.74, 6) is 1.12. The monoisotopic (exact) mass is 438 g/mol. The van der Waals surface area contributed by atoms with Crippen LogP contribution in [-0.4, -0.2) is 52.0 Å². The van der Waals surface area contributed by atoms with Crippen LogP contribution in [0.2, 0.25) is 5.02 Å². The second-order valence-electron chi connectivity index (χ2n) is 5.75. The van der Waals surface area contributed by atoms with Crippen LogP contribution in [-0.2, 0) is 4.79 Å². The summed E-state index contributed by atoms with van der Waals surface area (Å²) in [6.07, 6.45) is 0. The van der Waals surface area contributed by atoms with Crippen LogP contribution in [0.3, 0.4) is 0 Å². The Hall–Kier alpha value is -2.58. The molecule has 0 radical (unpaired) electrons. The van der Waals surface area contributed by atoms with Gasteiger partial charge in [-0.05, 0) is 36.4 Å². The molecule has 29 heavy (non-hydrogen) atoms. The van der Waals surface area contributed by atoms with E-state index in [1.165, 1.54) is 33.5 Å². The van der Waals surface area contributed by atoms with Crippen LogP contribution in [0.15, 0.2) is 41.3 Å². The lowest BCUT2D eigenvalue weighted by Gasteiger charge is -2.14. The largest absolute Gasteiger partial charge is 0.493 e. The number of ether oxygens (including phenoxy) is 3. The first-order valence-electron chi connectivity index (χ1n) is 8.71. The topological polar surface area (TPSA) is 85.9 Å². The second-order valence-corrected chi connectivity index (χ2v) is 7.35. The van der Waals surface area contributed by atoms with Crippen LogP contribution >= 0.6 is 23.4 Å². The number of rotatable bonds is 10.